The Hall–Kier alpha value is -3.63. The fourth-order valence-electron chi connectivity index (χ4n) is 3.79. The molecule has 0 saturated heterocycles. The molecule has 1 amide bonds. The van der Waals surface area contributed by atoms with Crippen LogP contribution < -0.4 is 5.32 Å². The molecule has 4 aromatic rings. The molecule has 32 heavy (non-hydrogen) atoms. The summed E-state index contributed by atoms with van der Waals surface area (Å²) >= 11 is 1.28. The molecule has 10 heteroatoms. The van der Waals surface area contributed by atoms with Crippen LogP contribution in [0.2, 0.25) is 0 Å². The van der Waals surface area contributed by atoms with Gasteiger partial charge in [-0.1, -0.05) is 17.4 Å². The maximum Gasteiger partial charge on any atom is 0.413 e. The van der Waals surface area contributed by atoms with Crippen LogP contribution in [0.5, 0.6) is 0 Å². The molecule has 3 heterocycles. The molecule has 1 aliphatic carbocycles. The van der Waals surface area contributed by atoms with E-state index in [0.717, 1.165) is 27.4 Å². The first-order chi connectivity index (χ1) is 15.6. The van der Waals surface area contributed by atoms with Crippen molar-refractivity contribution in [3.8, 4) is 27.5 Å². The number of thiazole rings is 1. The first kappa shape index (κ1) is 20.3. The van der Waals surface area contributed by atoms with Crippen molar-refractivity contribution in [1.29, 1.82) is 0 Å². The molecular weight excluding hydrogens is 433 g/mol. The van der Waals surface area contributed by atoms with Crippen LogP contribution in [0.3, 0.4) is 0 Å². The maximum absolute atomic E-state index is 14.9. The number of aromatic nitrogens is 4. The van der Waals surface area contributed by atoms with E-state index in [4.69, 9.17) is 5.10 Å². The van der Waals surface area contributed by atoms with Gasteiger partial charge < -0.3 is 9.84 Å². The van der Waals surface area contributed by atoms with Gasteiger partial charge in [0.05, 0.1) is 35.7 Å². The molecule has 1 aliphatic rings. The first-order valence-electron chi connectivity index (χ1n) is 9.86. The lowest BCUT2D eigenvalue weighted by atomic mass is 9.95. The van der Waals surface area contributed by atoms with Crippen molar-refractivity contribution >= 4 is 22.6 Å². The highest BCUT2D eigenvalue weighted by Gasteiger charge is 2.30. The maximum atomic E-state index is 14.9. The van der Waals surface area contributed by atoms with Crippen LogP contribution in [0.15, 0.2) is 42.7 Å². The van der Waals surface area contributed by atoms with Crippen molar-refractivity contribution < 1.29 is 19.0 Å². The molecule has 0 unspecified atom stereocenters. The number of amides is 1. The average molecular weight is 451 g/mol. The second-order valence-corrected chi connectivity index (χ2v) is 8.18. The third-order valence-electron chi connectivity index (χ3n) is 5.26. The molecular formula is C22H18FN5O3S. The van der Waals surface area contributed by atoms with Gasteiger partial charge in [-0.15, -0.1) is 0 Å². The number of carbonyl (C=O) groups is 1. The van der Waals surface area contributed by atoms with Gasteiger partial charge in [-0.3, -0.25) is 10.3 Å². The Balaban J connectivity index is 1.74. The van der Waals surface area contributed by atoms with Gasteiger partial charge in [-0.2, -0.15) is 5.10 Å². The van der Waals surface area contributed by atoms with Crippen LogP contribution in [0.4, 0.5) is 14.3 Å². The molecule has 0 aliphatic heterocycles. The van der Waals surface area contributed by atoms with E-state index in [-0.39, 0.29) is 12.3 Å². The number of hydrogen-bond donors (Lipinski definition) is 2. The predicted molar refractivity (Wildman–Crippen MR) is 117 cm³/mol. The SMILES string of the molecule is COC(=O)Nc1nc2c(s1)-c1c(c(-c3cccnc3)nn1-c1cc(CO)ccc1F)CC2. The lowest BCUT2D eigenvalue weighted by molar-refractivity contribution is 0.187. The molecule has 1 aromatic carbocycles. The van der Waals surface area contributed by atoms with E-state index in [1.165, 1.54) is 30.6 Å². The number of rotatable bonds is 4. The number of ether oxygens (including phenoxy) is 1. The zero-order chi connectivity index (χ0) is 22.2. The van der Waals surface area contributed by atoms with E-state index < -0.39 is 11.9 Å². The molecule has 0 atom stereocenters. The van der Waals surface area contributed by atoms with Crippen LogP contribution in [-0.4, -0.2) is 38.1 Å². The van der Waals surface area contributed by atoms with Gasteiger partial charge in [0.15, 0.2) is 5.13 Å². The van der Waals surface area contributed by atoms with Gasteiger partial charge in [0.25, 0.3) is 0 Å². The number of benzene rings is 1. The highest BCUT2D eigenvalue weighted by molar-refractivity contribution is 7.19. The number of anilines is 1. The minimum absolute atomic E-state index is 0.217. The van der Waals surface area contributed by atoms with Crippen LogP contribution in [-0.2, 0) is 24.2 Å². The fraction of sp³-hybridized carbons (Fsp3) is 0.182. The molecule has 162 valence electrons. The number of methoxy groups -OCH3 is 1. The van der Waals surface area contributed by atoms with Crippen molar-refractivity contribution in [2.24, 2.45) is 0 Å². The zero-order valence-corrected chi connectivity index (χ0v) is 17.8. The van der Waals surface area contributed by atoms with Crippen LogP contribution >= 0.6 is 11.3 Å². The van der Waals surface area contributed by atoms with Crippen molar-refractivity contribution in [1.82, 2.24) is 19.7 Å². The number of fused-ring (bicyclic) bond motifs is 3. The minimum atomic E-state index is -0.609. The predicted octanol–water partition coefficient (Wildman–Crippen LogP) is 3.97. The second kappa shape index (κ2) is 8.13. The third-order valence-corrected chi connectivity index (χ3v) is 6.28. The number of aliphatic hydroxyl groups excluding tert-OH is 1. The molecule has 0 bridgehead atoms. The van der Waals surface area contributed by atoms with E-state index in [1.807, 2.05) is 12.1 Å². The number of nitrogens with one attached hydrogen (secondary N) is 1. The highest BCUT2D eigenvalue weighted by atomic mass is 32.1. The average Bonchev–Trinajstić information content (AvgIpc) is 3.40. The van der Waals surface area contributed by atoms with Gasteiger partial charge in [0.2, 0.25) is 0 Å². The summed E-state index contributed by atoms with van der Waals surface area (Å²) in [4.78, 5) is 21.2. The van der Waals surface area contributed by atoms with E-state index in [2.05, 4.69) is 20.0 Å². The Labute approximate surface area is 186 Å². The van der Waals surface area contributed by atoms with E-state index >= 15 is 0 Å². The molecule has 0 spiro atoms. The Morgan fingerprint density at radius 2 is 2.22 bits per heavy atom. The van der Waals surface area contributed by atoms with Crippen LogP contribution in [0.1, 0.15) is 16.8 Å². The normalized spacial score (nSPS) is 12.2. The number of aliphatic hydroxyl groups is 1. The number of aryl methyl sites for hydroxylation is 1. The summed E-state index contributed by atoms with van der Waals surface area (Å²) < 4.78 is 21.2. The molecule has 0 fully saturated rings. The lowest BCUT2D eigenvalue weighted by Gasteiger charge is -2.15. The van der Waals surface area contributed by atoms with E-state index in [0.29, 0.717) is 29.2 Å². The summed E-state index contributed by atoms with van der Waals surface area (Å²) in [7, 11) is 1.28. The van der Waals surface area contributed by atoms with Crippen LogP contribution in [0.25, 0.3) is 27.5 Å². The fourth-order valence-corrected chi connectivity index (χ4v) is 4.85. The minimum Gasteiger partial charge on any atom is -0.453 e. The molecule has 2 N–H and O–H groups in total. The summed E-state index contributed by atoms with van der Waals surface area (Å²) in [5, 5.41) is 17.3. The smallest absolute Gasteiger partial charge is 0.413 e. The van der Waals surface area contributed by atoms with Gasteiger partial charge >= 0.3 is 6.09 Å². The number of nitrogens with zero attached hydrogens (tertiary/aromatic N) is 4. The standard InChI is InChI=1S/C22H18FN5O3S/c1-31-22(30)26-21-25-16-7-5-14-18(13-3-2-8-24-10-13)27-28(19(14)20(16)32-21)17-9-12(11-29)4-6-15(17)23/h2-4,6,8-10,29H,5,7,11H2,1H3,(H,25,26,30). The zero-order valence-electron chi connectivity index (χ0n) is 17.0. The van der Waals surface area contributed by atoms with E-state index in [9.17, 15) is 14.3 Å². The Morgan fingerprint density at radius 3 is 2.97 bits per heavy atom. The number of hydrogen-bond acceptors (Lipinski definition) is 7. The monoisotopic (exact) mass is 451 g/mol. The first-order valence-corrected chi connectivity index (χ1v) is 10.7. The Morgan fingerprint density at radius 1 is 1.34 bits per heavy atom. The van der Waals surface area contributed by atoms with Crippen LogP contribution in [0, 0.1) is 5.82 Å². The summed E-state index contributed by atoms with van der Waals surface area (Å²) in [6.07, 6.45) is 4.10. The quantitative estimate of drug-likeness (QED) is 0.487. The second-order valence-electron chi connectivity index (χ2n) is 7.18. The summed E-state index contributed by atoms with van der Waals surface area (Å²) in [5.41, 5.74) is 4.80. The largest absolute Gasteiger partial charge is 0.453 e. The summed E-state index contributed by atoms with van der Waals surface area (Å²) in [6, 6.07) is 8.17. The van der Waals surface area contributed by atoms with Crippen molar-refractivity contribution in [3.63, 3.8) is 0 Å². The number of carbonyl (C=O) groups excluding carboxylic acids is 1. The number of pyridine rings is 1. The highest BCUT2D eigenvalue weighted by Crippen LogP contribution is 2.44. The molecule has 5 rings (SSSR count). The molecule has 3 aromatic heterocycles. The third kappa shape index (κ3) is 3.43. The topological polar surface area (TPSA) is 102 Å². The summed E-state index contributed by atoms with van der Waals surface area (Å²) in [5.74, 6) is -0.463. The van der Waals surface area contributed by atoms with Crippen molar-refractivity contribution in [2.45, 2.75) is 19.4 Å². The van der Waals surface area contributed by atoms with Gasteiger partial charge in [-0.05, 0) is 42.7 Å². The van der Waals surface area contributed by atoms with E-state index in [1.54, 1.807) is 23.1 Å². The molecule has 0 radical (unpaired) electrons. The van der Waals surface area contributed by atoms with Crippen molar-refractivity contribution in [2.75, 3.05) is 12.4 Å². The van der Waals surface area contributed by atoms with Gasteiger partial charge in [0.1, 0.15) is 11.5 Å². The Bertz CT molecular complexity index is 1320. The van der Waals surface area contributed by atoms with Gasteiger partial charge in [-0.25, -0.2) is 18.9 Å². The van der Waals surface area contributed by atoms with Gasteiger partial charge in [0, 0.05) is 23.5 Å². The molecule has 8 nitrogen and oxygen atoms in total. The Kier molecular flexibility index (Phi) is 5.16. The lowest BCUT2D eigenvalue weighted by Crippen LogP contribution is -2.10. The number of halogens is 1. The summed E-state index contributed by atoms with van der Waals surface area (Å²) in [6.45, 7) is -0.217. The molecule has 0 saturated carbocycles. The van der Waals surface area contributed by atoms with Crippen molar-refractivity contribution in [3.05, 3.63) is 65.4 Å².